The Bertz CT molecular complexity index is 830. The van der Waals surface area contributed by atoms with Gasteiger partial charge in [-0.05, 0) is 58.7 Å². The van der Waals surface area contributed by atoms with Crippen LogP contribution in [0.15, 0.2) is 46.9 Å². The zero-order valence-electron chi connectivity index (χ0n) is 13.4. The van der Waals surface area contributed by atoms with Crippen LogP contribution in [0.2, 0.25) is 0 Å². The summed E-state index contributed by atoms with van der Waals surface area (Å²) in [4.78, 5) is 23.4. The maximum Gasteiger partial charge on any atom is 0.344 e. The zero-order valence-corrected chi connectivity index (χ0v) is 15.0. The van der Waals surface area contributed by atoms with Gasteiger partial charge in [0.05, 0.1) is 16.1 Å². The summed E-state index contributed by atoms with van der Waals surface area (Å²) in [6.07, 6.45) is 0. The Labute approximate surface area is 153 Å². The first-order valence-corrected chi connectivity index (χ1v) is 8.12. The SMILES string of the molecule is Cc1ccc(OCC(=O)OCC(=O)Nc2cccc(C#N)c2)c(Br)c1. The highest BCUT2D eigenvalue weighted by atomic mass is 79.9. The second-order valence-corrected chi connectivity index (χ2v) is 5.98. The topological polar surface area (TPSA) is 88.4 Å². The van der Waals surface area contributed by atoms with Crippen LogP contribution in [0.5, 0.6) is 5.75 Å². The fourth-order valence-electron chi connectivity index (χ4n) is 1.91. The number of esters is 1. The molecule has 0 bridgehead atoms. The van der Waals surface area contributed by atoms with Crippen LogP contribution in [0.25, 0.3) is 0 Å². The molecule has 0 saturated heterocycles. The summed E-state index contributed by atoms with van der Waals surface area (Å²) in [6.45, 7) is 1.20. The number of rotatable bonds is 6. The lowest BCUT2D eigenvalue weighted by molar-refractivity contribution is -0.149. The number of ether oxygens (including phenoxy) is 2. The van der Waals surface area contributed by atoms with Crippen molar-refractivity contribution < 1.29 is 19.1 Å². The van der Waals surface area contributed by atoms with Crippen molar-refractivity contribution in [3.63, 3.8) is 0 Å². The Hall–Kier alpha value is -2.85. The fraction of sp³-hybridized carbons (Fsp3) is 0.167. The summed E-state index contributed by atoms with van der Waals surface area (Å²) in [5, 5.41) is 11.4. The highest BCUT2D eigenvalue weighted by Crippen LogP contribution is 2.25. The maximum absolute atomic E-state index is 11.8. The normalized spacial score (nSPS) is 9.80. The molecule has 0 aliphatic rings. The maximum atomic E-state index is 11.8. The molecule has 128 valence electrons. The van der Waals surface area contributed by atoms with Gasteiger partial charge in [0.15, 0.2) is 13.2 Å². The van der Waals surface area contributed by atoms with Gasteiger partial charge in [0.2, 0.25) is 0 Å². The summed E-state index contributed by atoms with van der Waals surface area (Å²) in [5.41, 5.74) is 1.94. The van der Waals surface area contributed by atoms with Gasteiger partial charge in [0, 0.05) is 5.69 Å². The van der Waals surface area contributed by atoms with Gasteiger partial charge in [-0.3, -0.25) is 4.79 Å². The van der Waals surface area contributed by atoms with Crippen molar-refractivity contribution in [3.8, 4) is 11.8 Å². The van der Waals surface area contributed by atoms with Crippen LogP contribution in [-0.2, 0) is 14.3 Å². The molecule has 2 rings (SSSR count). The van der Waals surface area contributed by atoms with Crippen molar-refractivity contribution in [2.24, 2.45) is 0 Å². The zero-order chi connectivity index (χ0) is 18.2. The molecule has 0 aliphatic heterocycles. The number of halogens is 1. The lowest BCUT2D eigenvalue weighted by atomic mass is 10.2. The highest BCUT2D eigenvalue weighted by molar-refractivity contribution is 9.10. The number of amides is 1. The van der Waals surface area contributed by atoms with E-state index in [1.54, 1.807) is 24.3 Å². The molecule has 0 unspecified atom stereocenters. The van der Waals surface area contributed by atoms with E-state index in [2.05, 4.69) is 21.2 Å². The number of nitrogens with zero attached hydrogens (tertiary/aromatic N) is 1. The second kappa shape index (κ2) is 8.85. The smallest absolute Gasteiger partial charge is 0.344 e. The van der Waals surface area contributed by atoms with E-state index < -0.39 is 18.5 Å². The lowest BCUT2D eigenvalue weighted by Gasteiger charge is -2.09. The molecular formula is C18H15BrN2O4. The van der Waals surface area contributed by atoms with Gasteiger partial charge in [-0.1, -0.05) is 12.1 Å². The van der Waals surface area contributed by atoms with Crippen molar-refractivity contribution in [1.29, 1.82) is 5.26 Å². The van der Waals surface area contributed by atoms with E-state index in [1.807, 2.05) is 25.1 Å². The van der Waals surface area contributed by atoms with Crippen LogP contribution in [0.3, 0.4) is 0 Å². The third kappa shape index (κ3) is 5.94. The molecule has 0 heterocycles. The minimum atomic E-state index is -0.659. The third-order valence-corrected chi connectivity index (χ3v) is 3.69. The molecule has 1 N–H and O–H groups in total. The first kappa shape index (κ1) is 18.5. The van der Waals surface area contributed by atoms with Gasteiger partial charge in [-0.25, -0.2) is 4.79 Å². The summed E-state index contributed by atoms with van der Waals surface area (Å²) in [5.74, 6) is -0.645. The highest BCUT2D eigenvalue weighted by Gasteiger charge is 2.10. The number of benzene rings is 2. The average molecular weight is 403 g/mol. The quantitative estimate of drug-likeness (QED) is 0.749. The Balaban J connectivity index is 1.77. The average Bonchev–Trinajstić information content (AvgIpc) is 2.59. The Morgan fingerprint density at radius 2 is 2.00 bits per heavy atom. The molecule has 0 fully saturated rings. The molecule has 2 aromatic carbocycles. The van der Waals surface area contributed by atoms with Crippen LogP contribution >= 0.6 is 15.9 Å². The van der Waals surface area contributed by atoms with Crippen LogP contribution < -0.4 is 10.1 Å². The predicted octanol–water partition coefficient (Wildman–Crippen LogP) is 3.19. The van der Waals surface area contributed by atoms with Crippen molar-refractivity contribution >= 4 is 33.5 Å². The third-order valence-electron chi connectivity index (χ3n) is 3.07. The van der Waals surface area contributed by atoms with Crippen molar-refractivity contribution in [1.82, 2.24) is 0 Å². The van der Waals surface area contributed by atoms with E-state index in [9.17, 15) is 9.59 Å². The standard InChI is InChI=1S/C18H15BrN2O4/c1-12-5-6-16(15(19)7-12)24-11-18(23)25-10-17(22)21-14-4-2-3-13(8-14)9-20/h2-8H,10-11H2,1H3,(H,21,22). The first-order chi connectivity index (χ1) is 12.0. The second-order valence-electron chi connectivity index (χ2n) is 5.12. The molecule has 25 heavy (non-hydrogen) atoms. The number of carbonyl (C=O) groups excluding carboxylic acids is 2. The van der Waals surface area contributed by atoms with Crippen molar-refractivity contribution in [2.45, 2.75) is 6.92 Å². The minimum absolute atomic E-state index is 0.307. The number of nitriles is 1. The molecule has 0 atom stereocenters. The van der Waals surface area contributed by atoms with Crippen molar-refractivity contribution in [3.05, 3.63) is 58.1 Å². The van der Waals surface area contributed by atoms with Gasteiger partial charge in [0.1, 0.15) is 5.75 Å². The number of carbonyl (C=O) groups is 2. The van der Waals surface area contributed by atoms with E-state index in [-0.39, 0.29) is 6.61 Å². The van der Waals surface area contributed by atoms with Gasteiger partial charge in [-0.15, -0.1) is 0 Å². The molecule has 2 aromatic rings. The summed E-state index contributed by atoms with van der Waals surface area (Å²) in [7, 11) is 0. The molecule has 0 spiro atoms. The fourth-order valence-corrected chi connectivity index (χ4v) is 2.52. The Morgan fingerprint density at radius 1 is 1.20 bits per heavy atom. The van der Waals surface area contributed by atoms with Gasteiger partial charge in [-0.2, -0.15) is 5.26 Å². The molecular weight excluding hydrogens is 388 g/mol. The number of nitrogens with one attached hydrogen (secondary N) is 1. The van der Waals surface area contributed by atoms with E-state index in [1.165, 1.54) is 6.07 Å². The Kier molecular flexibility index (Phi) is 6.54. The van der Waals surface area contributed by atoms with Crippen LogP contribution in [0.1, 0.15) is 11.1 Å². The number of anilines is 1. The summed E-state index contributed by atoms with van der Waals surface area (Å²) < 4.78 is 10.9. The molecule has 0 aliphatic carbocycles. The summed E-state index contributed by atoms with van der Waals surface area (Å²) in [6, 6.07) is 13.9. The largest absolute Gasteiger partial charge is 0.481 e. The van der Waals surface area contributed by atoms with E-state index in [4.69, 9.17) is 14.7 Å². The Morgan fingerprint density at radius 3 is 2.72 bits per heavy atom. The van der Waals surface area contributed by atoms with Crippen LogP contribution in [-0.4, -0.2) is 25.1 Å². The molecule has 7 heteroatoms. The molecule has 6 nitrogen and oxygen atoms in total. The predicted molar refractivity (Wildman–Crippen MR) is 95.1 cm³/mol. The van der Waals surface area contributed by atoms with Gasteiger partial charge >= 0.3 is 5.97 Å². The lowest BCUT2D eigenvalue weighted by Crippen LogP contribution is -2.23. The molecule has 0 saturated carbocycles. The monoisotopic (exact) mass is 402 g/mol. The number of hydrogen-bond acceptors (Lipinski definition) is 5. The molecule has 0 aromatic heterocycles. The minimum Gasteiger partial charge on any atom is -0.481 e. The van der Waals surface area contributed by atoms with Gasteiger partial charge < -0.3 is 14.8 Å². The van der Waals surface area contributed by atoms with Crippen molar-refractivity contribution in [2.75, 3.05) is 18.5 Å². The van der Waals surface area contributed by atoms with E-state index in [0.29, 0.717) is 17.0 Å². The number of hydrogen-bond donors (Lipinski definition) is 1. The van der Waals surface area contributed by atoms with E-state index >= 15 is 0 Å². The van der Waals surface area contributed by atoms with Crippen LogP contribution in [0.4, 0.5) is 5.69 Å². The number of aryl methyl sites for hydroxylation is 1. The summed E-state index contributed by atoms with van der Waals surface area (Å²) >= 11 is 3.34. The van der Waals surface area contributed by atoms with E-state index in [0.717, 1.165) is 10.0 Å². The first-order valence-electron chi connectivity index (χ1n) is 7.32. The van der Waals surface area contributed by atoms with Gasteiger partial charge in [0.25, 0.3) is 5.91 Å². The molecule has 0 radical (unpaired) electrons. The van der Waals surface area contributed by atoms with Crippen LogP contribution in [0, 0.1) is 18.3 Å². The molecule has 1 amide bonds.